The summed E-state index contributed by atoms with van der Waals surface area (Å²) in [5.74, 6) is 1.24. The number of carbonyl (C=O) groups excluding carboxylic acids is 1. The van der Waals surface area contributed by atoms with Crippen molar-refractivity contribution in [2.45, 2.75) is 32.6 Å². The quantitative estimate of drug-likeness (QED) is 0.941. The minimum Gasteiger partial charge on any atom is -0.495 e. The van der Waals surface area contributed by atoms with Crippen LogP contribution in [0.5, 0.6) is 5.75 Å². The van der Waals surface area contributed by atoms with Crippen molar-refractivity contribution in [2.24, 2.45) is 0 Å². The molecular weight excluding hydrogens is 268 g/mol. The molecule has 5 nitrogen and oxygen atoms in total. The SMILES string of the molecule is COc1ccc(C)cc1NC(=O)c1noc2c1CCCC2. The molecule has 1 aliphatic carbocycles. The molecule has 0 aliphatic heterocycles. The van der Waals surface area contributed by atoms with Gasteiger partial charge < -0.3 is 14.6 Å². The highest BCUT2D eigenvalue weighted by Gasteiger charge is 2.24. The van der Waals surface area contributed by atoms with Crippen molar-refractivity contribution in [3.63, 3.8) is 0 Å². The second-order valence-electron chi connectivity index (χ2n) is 5.30. The number of aromatic nitrogens is 1. The number of ether oxygens (including phenoxy) is 1. The first-order valence-corrected chi connectivity index (χ1v) is 7.12. The lowest BCUT2D eigenvalue weighted by atomic mass is 9.96. The number of carbonyl (C=O) groups is 1. The highest BCUT2D eigenvalue weighted by molar-refractivity contribution is 6.04. The fourth-order valence-electron chi connectivity index (χ4n) is 2.66. The number of amides is 1. The van der Waals surface area contributed by atoms with Crippen LogP contribution in [-0.4, -0.2) is 18.2 Å². The summed E-state index contributed by atoms with van der Waals surface area (Å²) in [4.78, 5) is 12.4. The van der Waals surface area contributed by atoms with Crippen molar-refractivity contribution in [1.82, 2.24) is 5.16 Å². The zero-order chi connectivity index (χ0) is 14.8. The smallest absolute Gasteiger partial charge is 0.278 e. The Morgan fingerprint density at radius 1 is 1.33 bits per heavy atom. The maximum absolute atomic E-state index is 12.4. The van der Waals surface area contributed by atoms with E-state index in [0.29, 0.717) is 17.1 Å². The normalized spacial score (nSPS) is 13.6. The van der Waals surface area contributed by atoms with Crippen LogP contribution in [0.2, 0.25) is 0 Å². The molecule has 1 aliphatic rings. The number of nitrogens with one attached hydrogen (secondary N) is 1. The molecule has 1 aromatic carbocycles. The topological polar surface area (TPSA) is 64.4 Å². The van der Waals surface area contributed by atoms with Crippen molar-refractivity contribution in [3.05, 3.63) is 40.8 Å². The van der Waals surface area contributed by atoms with Gasteiger partial charge in [-0.05, 0) is 43.9 Å². The maximum atomic E-state index is 12.4. The molecule has 0 unspecified atom stereocenters. The van der Waals surface area contributed by atoms with E-state index in [1.807, 2.05) is 25.1 Å². The van der Waals surface area contributed by atoms with E-state index in [0.717, 1.165) is 42.6 Å². The number of fused-ring (bicyclic) bond motifs is 1. The molecular formula is C16H18N2O3. The molecule has 0 fully saturated rings. The molecule has 1 N–H and O–H groups in total. The van der Waals surface area contributed by atoms with Gasteiger partial charge in [0.1, 0.15) is 11.5 Å². The second-order valence-corrected chi connectivity index (χ2v) is 5.30. The van der Waals surface area contributed by atoms with Crippen LogP contribution in [0.1, 0.15) is 40.2 Å². The molecule has 0 saturated carbocycles. The van der Waals surface area contributed by atoms with Gasteiger partial charge in [0.05, 0.1) is 12.8 Å². The van der Waals surface area contributed by atoms with Gasteiger partial charge >= 0.3 is 0 Å². The monoisotopic (exact) mass is 286 g/mol. The van der Waals surface area contributed by atoms with E-state index < -0.39 is 0 Å². The molecule has 110 valence electrons. The van der Waals surface area contributed by atoms with Crippen molar-refractivity contribution in [3.8, 4) is 5.75 Å². The average molecular weight is 286 g/mol. The van der Waals surface area contributed by atoms with Gasteiger partial charge in [-0.3, -0.25) is 4.79 Å². The van der Waals surface area contributed by atoms with Gasteiger partial charge in [-0.15, -0.1) is 0 Å². The molecule has 3 rings (SSSR count). The fourth-order valence-corrected chi connectivity index (χ4v) is 2.66. The van der Waals surface area contributed by atoms with Crippen LogP contribution in [0.15, 0.2) is 22.7 Å². The van der Waals surface area contributed by atoms with E-state index in [4.69, 9.17) is 9.26 Å². The lowest BCUT2D eigenvalue weighted by Crippen LogP contribution is -2.16. The summed E-state index contributed by atoms with van der Waals surface area (Å²) >= 11 is 0. The molecule has 21 heavy (non-hydrogen) atoms. The molecule has 2 aromatic rings. The molecule has 0 saturated heterocycles. The number of benzene rings is 1. The molecule has 1 amide bonds. The van der Waals surface area contributed by atoms with E-state index in [9.17, 15) is 4.79 Å². The largest absolute Gasteiger partial charge is 0.495 e. The van der Waals surface area contributed by atoms with Gasteiger partial charge in [-0.1, -0.05) is 11.2 Å². The summed E-state index contributed by atoms with van der Waals surface area (Å²) in [6.07, 6.45) is 3.88. The average Bonchev–Trinajstić information content (AvgIpc) is 2.91. The highest BCUT2D eigenvalue weighted by Crippen LogP contribution is 2.28. The number of methoxy groups -OCH3 is 1. The first kappa shape index (κ1) is 13.7. The Hall–Kier alpha value is -2.30. The Morgan fingerprint density at radius 3 is 2.95 bits per heavy atom. The van der Waals surface area contributed by atoms with Crippen molar-refractivity contribution < 1.29 is 14.1 Å². The number of nitrogens with zero attached hydrogens (tertiary/aromatic N) is 1. The first-order chi connectivity index (χ1) is 10.2. The fraction of sp³-hybridized carbons (Fsp3) is 0.375. The molecule has 0 atom stereocenters. The van der Waals surface area contributed by atoms with Crippen LogP contribution in [0.25, 0.3) is 0 Å². The predicted molar refractivity (Wildman–Crippen MR) is 78.8 cm³/mol. The first-order valence-electron chi connectivity index (χ1n) is 7.12. The van der Waals surface area contributed by atoms with Gasteiger partial charge in [0, 0.05) is 12.0 Å². The summed E-state index contributed by atoms with van der Waals surface area (Å²) in [6, 6.07) is 5.65. The van der Waals surface area contributed by atoms with Crippen molar-refractivity contribution in [1.29, 1.82) is 0 Å². The summed E-state index contributed by atoms with van der Waals surface area (Å²) in [5.41, 5.74) is 3.04. The predicted octanol–water partition coefficient (Wildman–Crippen LogP) is 3.12. The van der Waals surface area contributed by atoms with Crippen LogP contribution in [0, 0.1) is 6.92 Å². The number of anilines is 1. The van der Waals surface area contributed by atoms with Crippen LogP contribution >= 0.6 is 0 Å². The molecule has 5 heteroatoms. The van der Waals surface area contributed by atoms with Gasteiger partial charge in [-0.25, -0.2) is 0 Å². The van der Waals surface area contributed by atoms with Crippen LogP contribution < -0.4 is 10.1 Å². The second kappa shape index (κ2) is 5.60. The van der Waals surface area contributed by atoms with Crippen molar-refractivity contribution in [2.75, 3.05) is 12.4 Å². The lowest BCUT2D eigenvalue weighted by molar-refractivity contribution is 0.101. The summed E-state index contributed by atoms with van der Waals surface area (Å²) in [5, 5.41) is 6.81. The lowest BCUT2D eigenvalue weighted by Gasteiger charge is -2.12. The minimum absolute atomic E-state index is 0.245. The van der Waals surface area contributed by atoms with E-state index in [1.54, 1.807) is 7.11 Å². The van der Waals surface area contributed by atoms with E-state index >= 15 is 0 Å². The minimum atomic E-state index is -0.245. The van der Waals surface area contributed by atoms with Gasteiger partial charge in [0.25, 0.3) is 5.91 Å². The third-order valence-corrected chi connectivity index (χ3v) is 3.77. The molecule has 1 heterocycles. The van der Waals surface area contributed by atoms with E-state index in [-0.39, 0.29) is 5.91 Å². The zero-order valence-corrected chi connectivity index (χ0v) is 12.2. The maximum Gasteiger partial charge on any atom is 0.278 e. The Morgan fingerprint density at radius 2 is 2.14 bits per heavy atom. The summed E-state index contributed by atoms with van der Waals surface area (Å²) in [7, 11) is 1.58. The molecule has 0 spiro atoms. The molecule has 1 aromatic heterocycles. The van der Waals surface area contributed by atoms with Crippen LogP contribution in [-0.2, 0) is 12.8 Å². The number of hydrogen-bond acceptors (Lipinski definition) is 4. The van der Waals surface area contributed by atoms with Crippen molar-refractivity contribution >= 4 is 11.6 Å². The third kappa shape index (κ3) is 2.63. The number of aryl methyl sites for hydroxylation is 2. The van der Waals surface area contributed by atoms with Gasteiger partial charge in [0.15, 0.2) is 5.69 Å². The van der Waals surface area contributed by atoms with Crippen LogP contribution in [0.3, 0.4) is 0 Å². The molecule has 0 radical (unpaired) electrons. The van der Waals surface area contributed by atoms with Gasteiger partial charge in [0.2, 0.25) is 0 Å². The number of hydrogen-bond donors (Lipinski definition) is 1. The van der Waals surface area contributed by atoms with Crippen LogP contribution in [0.4, 0.5) is 5.69 Å². The summed E-state index contributed by atoms with van der Waals surface area (Å²) in [6.45, 7) is 1.97. The van der Waals surface area contributed by atoms with E-state index in [1.165, 1.54) is 0 Å². The number of rotatable bonds is 3. The third-order valence-electron chi connectivity index (χ3n) is 3.77. The standard InChI is InChI=1S/C16H18N2O3/c1-10-7-8-14(20-2)12(9-10)17-16(19)15-11-5-3-4-6-13(11)21-18-15/h7-9H,3-6H2,1-2H3,(H,17,19). The Labute approximate surface area is 123 Å². The summed E-state index contributed by atoms with van der Waals surface area (Å²) < 4.78 is 10.6. The Balaban J connectivity index is 1.87. The zero-order valence-electron chi connectivity index (χ0n) is 12.2. The molecule has 0 bridgehead atoms. The van der Waals surface area contributed by atoms with E-state index in [2.05, 4.69) is 10.5 Å². The highest BCUT2D eigenvalue weighted by atomic mass is 16.5. The Bertz CT molecular complexity index is 676. The Kier molecular flexibility index (Phi) is 3.64. The van der Waals surface area contributed by atoms with Gasteiger partial charge in [-0.2, -0.15) is 0 Å².